The Kier molecular flexibility index (Phi) is 3.37. The van der Waals surface area contributed by atoms with E-state index in [0.717, 1.165) is 29.6 Å². The molecule has 4 bridgehead atoms. The van der Waals surface area contributed by atoms with Gasteiger partial charge >= 0.3 is 0 Å². The zero-order chi connectivity index (χ0) is 14.6. The SMILES string of the molecule is CNC(c1ccc(C)cc1C)C1C2CC3CC(C2)CC1C3. The summed E-state index contributed by atoms with van der Waals surface area (Å²) in [7, 11) is 2.18. The molecule has 0 spiro atoms. The number of hydrogen-bond donors (Lipinski definition) is 1. The van der Waals surface area contributed by atoms with Crippen LogP contribution in [0.2, 0.25) is 0 Å². The molecule has 114 valence electrons. The van der Waals surface area contributed by atoms with Crippen LogP contribution in [0.5, 0.6) is 0 Å². The molecule has 1 aromatic carbocycles. The van der Waals surface area contributed by atoms with E-state index in [9.17, 15) is 0 Å². The van der Waals surface area contributed by atoms with E-state index < -0.39 is 0 Å². The van der Waals surface area contributed by atoms with E-state index >= 15 is 0 Å². The number of nitrogens with one attached hydrogen (secondary N) is 1. The van der Waals surface area contributed by atoms with Crippen molar-refractivity contribution in [2.24, 2.45) is 29.6 Å². The molecule has 0 saturated heterocycles. The Hall–Kier alpha value is -0.820. The maximum Gasteiger partial charge on any atom is 0.0354 e. The van der Waals surface area contributed by atoms with Crippen LogP contribution in [0.1, 0.15) is 54.8 Å². The van der Waals surface area contributed by atoms with E-state index in [1.165, 1.54) is 36.8 Å². The third-order valence-corrected chi connectivity index (χ3v) is 6.76. The van der Waals surface area contributed by atoms with Crippen molar-refractivity contribution in [3.05, 3.63) is 34.9 Å². The molecule has 1 heteroatoms. The molecule has 0 aliphatic heterocycles. The minimum absolute atomic E-state index is 0.570. The van der Waals surface area contributed by atoms with Crippen LogP contribution in [0.15, 0.2) is 18.2 Å². The molecule has 1 atom stereocenters. The minimum Gasteiger partial charge on any atom is -0.313 e. The van der Waals surface area contributed by atoms with Gasteiger partial charge in [0.1, 0.15) is 0 Å². The average molecular weight is 283 g/mol. The quantitative estimate of drug-likeness (QED) is 0.852. The molecule has 0 amide bonds. The molecule has 21 heavy (non-hydrogen) atoms. The van der Waals surface area contributed by atoms with Gasteiger partial charge in [0.15, 0.2) is 0 Å². The standard InChI is InChI=1S/C20H29N/c1-12-4-5-18(13(2)6-12)20(21-3)19-16-8-14-7-15(10-16)11-17(19)9-14/h4-6,14-17,19-21H,7-11H2,1-3H3. The second-order valence-corrected chi connectivity index (χ2v) is 8.13. The fraction of sp³-hybridized carbons (Fsp3) is 0.700. The smallest absolute Gasteiger partial charge is 0.0354 e. The van der Waals surface area contributed by atoms with Gasteiger partial charge in [-0.1, -0.05) is 23.8 Å². The van der Waals surface area contributed by atoms with E-state index in [0.29, 0.717) is 6.04 Å². The average Bonchev–Trinajstić information content (AvgIpc) is 2.43. The molecule has 1 N–H and O–H groups in total. The van der Waals surface area contributed by atoms with Crippen molar-refractivity contribution in [3.63, 3.8) is 0 Å². The van der Waals surface area contributed by atoms with Crippen molar-refractivity contribution in [2.75, 3.05) is 7.05 Å². The van der Waals surface area contributed by atoms with Gasteiger partial charge in [0.05, 0.1) is 0 Å². The van der Waals surface area contributed by atoms with Gasteiger partial charge < -0.3 is 5.32 Å². The van der Waals surface area contributed by atoms with E-state index in [2.05, 4.69) is 44.4 Å². The third-order valence-electron chi connectivity index (χ3n) is 6.76. The monoisotopic (exact) mass is 283 g/mol. The third kappa shape index (κ3) is 2.25. The summed E-state index contributed by atoms with van der Waals surface area (Å²) in [5, 5.41) is 3.71. The summed E-state index contributed by atoms with van der Waals surface area (Å²) in [6.07, 6.45) is 7.61. The number of hydrogen-bond acceptors (Lipinski definition) is 1. The normalized spacial score (nSPS) is 38.7. The highest BCUT2D eigenvalue weighted by molar-refractivity contribution is 5.33. The molecule has 4 aliphatic carbocycles. The first kappa shape index (κ1) is 13.8. The molecule has 5 rings (SSSR count). The predicted molar refractivity (Wildman–Crippen MR) is 88.3 cm³/mol. The lowest BCUT2D eigenvalue weighted by molar-refractivity contribution is -0.0516. The van der Waals surface area contributed by atoms with Gasteiger partial charge in [0.25, 0.3) is 0 Å². The molecule has 4 fully saturated rings. The van der Waals surface area contributed by atoms with Crippen molar-refractivity contribution < 1.29 is 0 Å². The zero-order valence-corrected chi connectivity index (χ0v) is 13.7. The maximum atomic E-state index is 3.71. The van der Waals surface area contributed by atoms with Gasteiger partial charge in [-0.05, 0) is 93.7 Å². The Balaban J connectivity index is 1.67. The summed E-state index contributed by atoms with van der Waals surface area (Å²) >= 11 is 0. The minimum atomic E-state index is 0.570. The van der Waals surface area contributed by atoms with Crippen LogP contribution >= 0.6 is 0 Å². The van der Waals surface area contributed by atoms with Crippen LogP contribution in [0.25, 0.3) is 0 Å². The molecular formula is C20H29N. The van der Waals surface area contributed by atoms with Gasteiger partial charge in [0.2, 0.25) is 0 Å². The van der Waals surface area contributed by atoms with Gasteiger partial charge in [-0.3, -0.25) is 0 Å². The van der Waals surface area contributed by atoms with Crippen molar-refractivity contribution in [2.45, 2.75) is 52.0 Å². The van der Waals surface area contributed by atoms with E-state index in [-0.39, 0.29) is 0 Å². The maximum absolute atomic E-state index is 3.71. The first-order valence-electron chi connectivity index (χ1n) is 8.90. The largest absolute Gasteiger partial charge is 0.313 e. The number of benzene rings is 1. The summed E-state index contributed by atoms with van der Waals surface area (Å²) < 4.78 is 0. The second kappa shape index (κ2) is 5.12. The molecule has 4 aliphatic rings. The summed E-state index contributed by atoms with van der Waals surface area (Å²) in [6, 6.07) is 7.61. The number of aryl methyl sites for hydroxylation is 2. The van der Waals surface area contributed by atoms with Crippen LogP contribution < -0.4 is 5.32 Å². The molecule has 1 aromatic rings. The highest BCUT2D eigenvalue weighted by Gasteiger charge is 2.50. The van der Waals surface area contributed by atoms with Crippen LogP contribution in [-0.2, 0) is 0 Å². The molecule has 1 nitrogen and oxygen atoms in total. The Bertz CT molecular complexity index is 505. The van der Waals surface area contributed by atoms with Crippen molar-refractivity contribution in [3.8, 4) is 0 Å². The number of rotatable bonds is 3. The van der Waals surface area contributed by atoms with Crippen molar-refractivity contribution >= 4 is 0 Å². The van der Waals surface area contributed by atoms with Crippen LogP contribution in [-0.4, -0.2) is 7.05 Å². The summed E-state index contributed by atoms with van der Waals surface area (Å²) in [6.45, 7) is 4.50. The second-order valence-electron chi connectivity index (χ2n) is 8.13. The van der Waals surface area contributed by atoms with Gasteiger partial charge in [-0.25, -0.2) is 0 Å². The first-order chi connectivity index (χ1) is 10.2. The molecule has 0 aromatic heterocycles. The highest BCUT2D eigenvalue weighted by Crippen LogP contribution is 2.59. The Labute approximate surface area is 129 Å². The van der Waals surface area contributed by atoms with Crippen LogP contribution in [0.3, 0.4) is 0 Å². The van der Waals surface area contributed by atoms with Crippen LogP contribution in [0.4, 0.5) is 0 Å². The highest BCUT2D eigenvalue weighted by atomic mass is 14.9. The van der Waals surface area contributed by atoms with E-state index in [1.807, 2.05) is 0 Å². The summed E-state index contributed by atoms with van der Waals surface area (Å²) in [5.74, 6) is 4.99. The first-order valence-corrected chi connectivity index (χ1v) is 8.90. The van der Waals surface area contributed by atoms with Crippen molar-refractivity contribution in [1.82, 2.24) is 5.32 Å². The Morgan fingerprint density at radius 1 is 0.952 bits per heavy atom. The fourth-order valence-electron chi connectivity index (χ4n) is 6.24. The lowest BCUT2D eigenvalue weighted by Gasteiger charge is -2.56. The molecule has 0 heterocycles. The van der Waals surface area contributed by atoms with Gasteiger partial charge in [-0.2, -0.15) is 0 Å². The van der Waals surface area contributed by atoms with Gasteiger partial charge in [-0.15, -0.1) is 0 Å². The van der Waals surface area contributed by atoms with Gasteiger partial charge in [0, 0.05) is 6.04 Å². The summed E-state index contributed by atoms with van der Waals surface area (Å²) in [5.41, 5.74) is 4.42. The Morgan fingerprint density at radius 3 is 2.10 bits per heavy atom. The zero-order valence-electron chi connectivity index (χ0n) is 13.7. The topological polar surface area (TPSA) is 12.0 Å². The lowest BCUT2D eigenvalue weighted by atomic mass is 9.50. The predicted octanol–water partition coefficient (Wildman–Crippen LogP) is 4.64. The molecule has 1 unspecified atom stereocenters. The molecule has 4 saturated carbocycles. The Morgan fingerprint density at radius 2 is 1.57 bits per heavy atom. The fourth-order valence-corrected chi connectivity index (χ4v) is 6.24. The molecular weight excluding hydrogens is 254 g/mol. The summed E-state index contributed by atoms with van der Waals surface area (Å²) in [4.78, 5) is 0. The van der Waals surface area contributed by atoms with Crippen LogP contribution in [0, 0.1) is 43.4 Å². The van der Waals surface area contributed by atoms with E-state index in [1.54, 1.807) is 12.0 Å². The van der Waals surface area contributed by atoms with Crippen molar-refractivity contribution in [1.29, 1.82) is 0 Å². The molecule has 0 radical (unpaired) electrons. The van der Waals surface area contributed by atoms with E-state index in [4.69, 9.17) is 0 Å². The lowest BCUT2D eigenvalue weighted by Crippen LogP contribution is -2.49.